The predicted molar refractivity (Wildman–Crippen MR) is 93.2 cm³/mol. The van der Waals surface area contributed by atoms with E-state index in [1.54, 1.807) is 19.2 Å². The Balaban J connectivity index is 1.92. The van der Waals surface area contributed by atoms with Crippen molar-refractivity contribution in [2.45, 2.75) is 37.8 Å². The van der Waals surface area contributed by atoms with Crippen molar-refractivity contribution in [1.29, 1.82) is 0 Å². The molecule has 0 bridgehead atoms. The van der Waals surface area contributed by atoms with Crippen LogP contribution in [0.15, 0.2) is 46.4 Å². The highest BCUT2D eigenvalue weighted by Crippen LogP contribution is 2.34. The fourth-order valence-electron chi connectivity index (χ4n) is 3.73. The Morgan fingerprint density at radius 1 is 1.00 bits per heavy atom. The molecular weight excluding hydrogens is 318 g/mol. The number of fused-ring (bicyclic) bond motifs is 1. The quantitative estimate of drug-likeness (QED) is 0.637. The molecule has 1 aliphatic heterocycles. The first-order valence-corrected chi connectivity index (χ1v) is 8.53. The lowest BCUT2D eigenvalue weighted by atomic mass is 9.90. The molecule has 0 saturated heterocycles. The SMILES string of the molecule is COc1ccc(-c2ccc([N+](=O)[O-])c3c2=NC2(CCCCC2)N=3)cc1. The van der Waals surface area contributed by atoms with Crippen LogP contribution in [0.4, 0.5) is 5.69 Å². The number of ether oxygens (including phenoxy) is 1. The average molecular weight is 337 g/mol. The summed E-state index contributed by atoms with van der Waals surface area (Å²) >= 11 is 0. The number of nitro benzene ring substituents is 1. The molecule has 4 rings (SSSR count). The van der Waals surface area contributed by atoms with Gasteiger partial charge in [-0.15, -0.1) is 0 Å². The first-order valence-electron chi connectivity index (χ1n) is 8.53. The van der Waals surface area contributed by atoms with E-state index in [1.807, 2.05) is 24.3 Å². The number of hydrogen-bond acceptors (Lipinski definition) is 5. The number of nitrogens with zero attached hydrogens (tertiary/aromatic N) is 3. The number of hydrogen-bond donors (Lipinski definition) is 0. The van der Waals surface area contributed by atoms with Crippen LogP contribution in [0.1, 0.15) is 32.1 Å². The average Bonchev–Trinajstić information content (AvgIpc) is 2.99. The first-order chi connectivity index (χ1) is 12.1. The van der Waals surface area contributed by atoms with Crippen LogP contribution in [0.5, 0.6) is 5.75 Å². The first kappa shape index (κ1) is 15.7. The van der Waals surface area contributed by atoms with Crippen LogP contribution < -0.4 is 15.5 Å². The summed E-state index contributed by atoms with van der Waals surface area (Å²) in [4.78, 5) is 20.7. The minimum absolute atomic E-state index is 0.0402. The van der Waals surface area contributed by atoms with E-state index in [4.69, 9.17) is 14.7 Å². The van der Waals surface area contributed by atoms with E-state index < -0.39 is 5.66 Å². The molecular formula is C19H19N3O3. The van der Waals surface area contributed by atoms with Gasteiger partial charge in [0, 0.05) is 11.6 Å². The smallest absolute Gasteiger partial charge is 0.296 e. The molecule has 1 spiro atoms. The molecule has 6 nitrogen and oxygen atoms in total. The van der Waals surface area contributed by atoms with Crippen molar-refractivity contribution in [1.82, 2.24) is 0 Å². The zero-order valence-electron chi connectivity index (χ0n) is 14.1. The van der Waals surface area contributed by atoms with Gasteiger partial charge in [0.2, 0.25) is 0 Å². The standard InChI is InChI=1S/C19H19N3O3/c1-25-14-7-5-13(6-8-14)15-9-10-16(22(23)24)18-17(15)20-19(21-18)11-3-2-4-12-19/h5-10H,2-4,11-12H2,1H3. The van der Waals surface area contributed by atoms with Gasteiger partial charge < -0.3 is 4.74 Å². The monoisotopic (exact) mass is 337 g/mol. The molecule has 0 amide bonds. The second-order valence-corrected chi connectivity index (χ2v) is 6.58. The molecule has 0 N–H and O–H groups in total. The fraction of sp³-hybridized carbons (Fsp3) is 0.368. The lowest BCUT2D eigenvalue weighted by Crippen LogP contribution is -2.27. The van der Waals surface area contributed by atoms with E-state index >= 15 is 0 Å². The number of methoxy groups -OCH3 is 1. The highest BCUT2D eigenvalue weighted by Gasteiger charge is 2.35. The van der Waals surface area contributed by atoms with Gasteiger partial charge in [0.25, 0.3) is 5.69 Å². The minimum atomic E-state index is -0.506. The number of rotatable bonds is 3. The van der Waals surface area contributed by atoms with Gasteiger partial charge in [0.1, 0.15) is 11.1 Å². The summed E-state index contributed by atoms with van der Waals surface area (Å²) < 4.78 is 5.21. The molecule has 128 valence electrons. The highest BCUT2D eigenvalue weighted by molar-refractivity contribution is 5.65. The summed E-state index contributed by atoms with van der Waals surface area (Å²) in [6.07, 6.45) is 5.03. The van der Waals surface area contributed by atoms with E-state index in [0.717, 1.165) is 42.6 Å². The molecule has 0 radical (unpaired) electrons. The normalized spacial score (nSPS) is 17.5. The molecule has 0 atom stereocenters. The van der Waals surface area contributed by atoms with Crippen molar-refractivity contribution in [2.24, 2.45) is 9.98 Å². The van der Waals surface area contributed by atoms with Crippen molar-refractivity contribution in [2.75, 3.05) is 7.11 Å². The molecule has 1 aliphatic carbocycles. The predicted octanol–water partition coefficient (Wildman–Crippen LogP) is 3.18. The zero-order chi connectivity index (χ0) is 17.4. The fourth-order valence-corrected chi connectivity index (χ4v) is 3.73. The summed E-state index contributed by atoms with van der Waals surface area (Å²) in [7, 11) is 1.62. The summed E-state index contributed by atoms with van der Waals surface area (Å²) in [6.45, 7) is 0. The summed E-state index contributed by atoms with van der Waals surface area (Å²) in [5.74, 6) is 0.771. The molecule has 2 aromatic carbocycles. The zero-order valence-corrected chi connectivity index (χ0v) is 14.1. The molecule has 0 aromatic heterocycles. The third kappa shape index (κ3) is 2.67. The van der Waals surface area contributed by atoms with Crippen LogP contribution in [0, 0.1) is 10.1 Å². The van der Waals surface area contributed by atoms with Gasteiger partial charge in [-0.2, -0.15) is 0 Å². The molecule has 1 heterocycles. The maximum atomic E-state index is 11.5. The number of non-ortho nitro benzene ring substituents is 1. The number of benzene rings is 2. The maximum absolute atomic E-state index is 11.5. The second-order valence-electron chi connectivity index (χ2n) is 6.58. The Labute approximate surface area is 145 Å². The van der Waals surface area contributed by atoms with Crippen LogP contribution in [-0.4, -0.2) is 17.7 Å². The lowest BCUT2D eigenvalue weighted by Gasteiger charge is -2.27. The second kappa shape index (κ2) is 5.95. The summed E-state index contributed by atoms with van der Waals surface area (Å²) in [5, 5.41) is 12.5. The van der Waals surface area contributed by atoms with Crippen molar-refractivity contribution < 1.29 is 9.66 Å². The minimum Gasteiger partial charge on any atom is -0.497 e. The number of nitro groups is 1. The van der Waals surface area contributed by atoms with E-state index in [0.29, 0.717) is 10.7 Å². The Bertz CT molecular complexity index is 945. The molecule has 0 unspecified atom stereocenters. The van der Waals surface area contributed by atoms with E-state index in [2.05, 4.69) is 0 Å². The Hall–Kier alpha value is -2.76. The Morgan fingerprint density at radius 3 is 2.32 bits per heavy atom. The van der Waals surface area contributed by atoms with Crippen LogP contribution in [0.3, 0.4) is 0 Å². The molecule has 25 heavy (non-hydrogen) atoms. The van der Waals surface area contributed by atoms with Gasteiger partial charge in [-0.25, -0.2) is 4.99 Å². The van der Waals surface area contributed by atoms with Gasteiger partial charge >= 0.3 is 0 Å². The van der Waals surface area contributed by atoms with Gasteiger partial charge in [0.15, 0.2) is 11.0 Å². The third-order valence-corrected chi connectivity index (χ3v) is 5.02. The third-order valence-electron chi connectivity index (χ3n) is 5.02. The lowest BCUT2D eigenvalue weighted by molar-refractivity contribution is -0.386. The highest BCUT2D eigenvalue weighted by atomic mass is 16.6. The van der Waals surface area contributed by atoms with Crippen LogP contribution in [0.2, 0.25) is 0 Å². The summed E-state index contributed by atoms with van der Waals surface area (Å²) in [5.41, 5.74) is 1.38. The van der Waals surface area contributed by atoms with Crippen molar-refractivity contribution >= 4 is 5.69 Å². The molecule has 2 aliphatic rings. The van der Waals surface area contributed by atoms with Crippen LogP contribution in [-0.2, 0) is 0 Å². The van der Waals surface area contributed by atoms with E-state index in [-0.39, 0.29) is 10.6 Å². The molecule has 1 fully saturated rings. The van der Waals surface area contributed by atoms with Crippen LogP contribution >= 0.6 is 0 Å². The maximum Gasteiger partial charge on any atom is 0.296 e. The van der Waals surface area contributed by atoms with Crippen molar-refractivity contribution in [3.8, 4) is 16.9 Å². The van der Waals surface area contributed by atoms with E-state index in [1.165, 1.54) is 6.42 Å². The van der Waals surface area contributed by atoms with Gasteiger partial charge in [-0.3, -0.25) is 15.1 Å². The molecule has 1 saturated carbocycles. The van der Waals surface area contributed by atoms with Gasteiger partial charge in [-0.05, 0) is 49.4 Å². The van der Waals surface area contributed by atoms with Crippen molar-refractivity contribution in [3.63, 3.8) is 0 Å². The van der Waals surface area contributed by atoms with Crippen LogP contribution in [0.25, 0.3) is 11.1 Å². The topological polar surface area (TPSA) is 77.1 Å². The Morgan fingerprint density at radius 2 is 1.68 bits per heavy atom. The van der Waals surface area contributed by atoms with Crippen molar-refractivity contribution in [3.05, 3.63) is 57.2 Å². The van der Waals surface area contributed by atoms with Gasteiger partial charge in [-0.1, -0.05) is 18.6 Å². The Kier molecular flexibility index (Phi) is 3.75. The van der Waals surface area contributed by atoms with Gasteiger partial charge in [0.05, 0.1) is 12.0 Å². The molecule has 2 aromatic rings. The summed E-state index contributed by atoms with van der Waals surface area (Å²) in [6, 6.07) is 11.0. The molecule has 6 heteroatoms. The largest absolute Gasteiger partial charge is 0.497 e. The van der Waals surface area contributed by atoms with E-state index in [9.17, 15) is 10.1 Å².